The van der Waals surface area contributed by atoms with E-state index in [1.54, 1.807) is 0 Å². The molecule has 2 fully saturated rings. The molecule has 1 aliphatic heterocycles. The van der Waals surface area contributed by atoms with E-state index in [0.717, 1.165) is 45.6 Å². The van der Waals surface area contributed by atoms with Crippen molar-refractivity contribution in [2.45, 2.75) is 18.8 Å². The Bertz CT molecular complexity index is 956. The molecule has 2 aromatic carbocycles. The number of benzene rings is 2. The first-order valence-corrected chi connectivity index (χ1v) is 10.4. The molecule has 1 amide bonds. The zero-order valence-corrected chi connectivity index (χ0v) is 16.2. The fourth-order valence-electron chi connectivity index (χ4n) is 4.58. The van der Waals surface area contributed by atoms with Gasteiger partial charge in [0.15, 0.2) is 0 Å². The van der Waals surface area contributed by atoms with Crippen LogP contribution in [0.4, 0.5) is 0 Å². The SMILES string of the molecule is O=C(C1CC1c1ccccc1)N1CCN(CCc2c[nH]c3ccccc23)CC1. The van der Waals surface area contributed by atoms with Crippen LogP contribution in [0, 0.1) is 5.92 Å². The van der Waals surface area contributed by atoms with Crippen molar-refractivity contribution in [2.24, 2.45) is 5.92 Å². The van der Waals surface area contributed by atoms with Gasteiger partial charge in [0.2, 0.25) is 5.91 Å². The topological polar surface area (TPSA) is 39.3 Å². The lowest BCUT2D eigenvalue weighted by Crippen LogP contribution is -2.49. The van der Waals surface area contributed by atoms with Crippen LogP contribution < -0.4 is 0 Å². The molecule has 0 radical (unpaired) electrons. The van der Waals surface area contributed by atoms with Crippen LogP contribution in [0.1, 0.15) is 23.5 Å². The van der Waals surface area contributed by atoms with Crippen LogP contribution in [-0.2, 0) is 11.2 Å². The first kappa shape index (κ1) is 17.5. The van der Waals surface area contributed by atoms with Gasteiger partial charge in [-0.3, -0.25) is 9.69 Å². The zero-order valence-electron chi connectivity index (χ0n) is 16.2. The summed E-state index contributed by atoms with van der Waals surface area (Å²) in [6.45, 7) is 4.75. The molecule has 4 nitrogen and oxygen atoms in total. The summed E-state index contributed by atoms with van der Waals surface area (Å²) in [5, 5.41) is 1.33. The van der Waals surface area contributed by atoms with Gasteiger partial charge < -0.3 is 9.88 Å². The van der Waals surface area contributed by atoms with Gasteiger partial charge in [-0.1, -0.05) is 48.5 Å². The van der Waals surface area contributed by atoms with E-state index in [4.69, 9.17) is 0 Å². The summed E-state index contributed by atoms with van der Waals surface area (Å²) in [5.41, 5.74) is 3.92. The van der Waals surface area contributed by atoms with Gasteiger partial charge in [0.1, 0.15) is 0 Å². The van der Waals surface area contributed by atoms with Crippen molar-refractivity contribution in [3.63, 3.8) is 0 Å². The minimum atomic E-state index is 0.208. The molecule has 2 unspecified atom stereocenters. The fraction of sp³-hybridized carbons (Fsp3) is 0.375. The number of rotatable bonds is 5. The maximum atomic E-state index is 12.8. The molecule has 5 rings (SSSR count). The maximum Gasteiger partial charge on any atom is 0.226 e. The highest BCUT2D eigenvalue weighted by Gasteiger charge is 2.45. The van der Waals surface area contributed by atoms with Gasteiger partial charge in [-0.05, 0) is 36.0 Å². The monoisotopic (exact) mass is 373 g/mol. The second kappa shape index (κ2) is 7.44. The molecule has 1 saturated heterocycles. The summed E-state index contributed by atoms with van der Waals surface area (Å²) in [6.07, 6.45) is 4.21. The third kappa shape index (κ3) is 3.45. The van der Waals surface area contributed by atoms with Gasteiger partial charge >= 0.3 is 0 Å². The van der Waals surface area contributed by atoms with Crippen molar-refractivity contribution >= 4 is 16.8 Å². The molecule has 2 heterocycles. The number of piperazine rings is 1. The second-order valence-electron chi connectivity index (χ2n) is 8.14. The summed E-state index contributed by atoms with van der Waals surface area (Å²) >= 11 is 0. The smallest absolute Gasteiger partial charge is 0.226 e. The lowest BCUT2D eigenvalue weighted by molar-refractivity contribution is -0.134. The van der Waals surface area contributed by atoms with Crippen molar-refractivity contribution in [3.8, 4) is 0 Å². The Morgan fingerprint density at radius 2 is 1.71 bits per heavy atom. The number of H-pyrrole nitrogens is 1. The van der Waals surface area contributed by atoms with E-state index in [9.17, 15) is 4.79 Å². The van der Waals surface area contributed by atoms with E-state index in [-0.39, 0.29) is 5.92 Å². The van der Waals surface area contributed by atoms with E-state index in [1.807, 2.05) is 6.07 Å². The Balaban J connectivity index is 1.11. The fourth-order valence-corrected chi connectivity index (χ4v) is 4.58. The van der Waals surface area contributed by atoms with Crippen molar-refractivity contribution < 1.29 is 4.79 Å². The number of fused-ring (bicyclic) bond motifs is 1. The van der Waals surface area contributed by atoms with Gasteiger partial charge in [0, 0.05) is 55.7 Å². The molecule has 1 saturated carbocycles. The standard InChI is InChI=1S/C24H27N3O/c28-24(22-16-21(22)18-6-2-1-3-7-18)27-14-12-26(13-15-27)11-10-19-17-25-23-9-5-4-8-20(19)23/h1-9,17,21-22,25H,10-16H2. The number of para-hydroxylation sites is 1. The van der Waals surface area contributed by atoms with Gasteiger partial charge in [0.05, 0.1) is 0 Å². The third-order valence-corrected chi connectivity index (χ3v) is 6.39. The maximum absolute atomic E-state index is 12.8. The van der Waals surface area contributed by atoms with Gasteiger partial charge in [-0.25, -0.2) is 0 Å². The number of carbonyl (C=O) groups excluding carboxylic acids is 1. The summed E-state index contributed by atoms with van der Waals surface area (Å²) in [4.78, 5) is 20.8. The number of aromatic nitrogens is 1. The van der Waals surface area contributed by atoms with E-state index in [2.05, 4.69) is 69.5 Å². The van der Waals surface area contributed by atoms with Crippen LogP contribution in [0.25, 0.3) is 10.9 Å². The predicted molar refractivity (Wildman–Crippen MR) is 112 cm³/mol. The average Bonchev–Trinajstić information content (AvgIpc) is 3.46. The Hall–Kier alpha value is -2.59. The molecule has 1 N–H and O–H groups in total. The van der Waals surface area contributed by atoms with Crippen LogP contribution >= 0.6 is 0 Å². The third-order valence-electron chi connectivity index (χ3n) is 6.39. The molecule has 1 aromatic heterocycles. The van der Waals surface area contributed by atoms with Crippen molar-refractivity contribution in [1.82, 2.24) is 14.8 Å². The van der Waals surface area contributed by atoms with Crippen LogP contribution in [0.5, 0.6) is 0 Å². The summed E-state index contributed by atoms with van der Waals surface area (Å²) in [7, 11) is 0. The van der Waals surface area contributed by atoms with Gasteiger partial charge in [-0.15, -0.1) is 0 Å². The molecule has 4 heteroatoms. The van der Waals surface area contributed by atoms with Crippen LogP contribution in [0.15, 0.2) is 60.8 Å². The number of aromatic amines is 1. The predicted octanol–water partition coefficient (Wildman–Crippen LogP) is 3.66. The molecule has 0 bridgehead atoms. The number of hydrogen-bond acceptors (Lipinski definition) is 2. The Morgan fingerprint density at radius 3 is 2.54 bits per heavy atom. The van der Waals surface area contributed by atoms with E-state index < -0.39 is 0 Å². The molecular formula is C24H27N3O. The quantitative estimate of drug-likeness (QED) is 0.741. The molecule has 1 aliphatic carbocycles. The lowest BCUT2D eigenvalue weighted by atomic mass is 10.1. The summed E-state index contributed by atoms with van der Waals surface area (Å²) < 4.78 is 0. The zero-order chi connectivity index (χ0) is 18.9. The summed E-state index contributed by atoms with van der Waals surface area (Å²) in [5.74, 6) is 1.01. The number of amides is 1. The largest absolute Gasteiger partial charge is 0.361 e. The highest BCUT2D eigenvalue weighted by molar-refractivity contribution is 5.83. The van der Waals surface area contributed by atoms with Crippen molar-refractivity contribution in [1.29, 1.82) is 0 Å². The van der Waals surface area contributed by atoms with E-state index in [0.29, 0.717) is 11.8 Å². The highest BCUT2D eigenvalue weighted by atomic mass is 16.2. The normalized spacial score (nSPS) is 22.5. The van der Waals surface area contributed by atoms with E-state index in [1.165, 1.54) is 22.0 Å². The minimum absolute atomic E-state index is 0.208. The van der Waals surface area contributed by atoms with Crippen molar-refractivity contribution in [3.05, 3.63) is 71.9 Å². The van der Waals surface area contributed by atoms with Crippen LogP contribution in [-0.4, -0.2) is 53.4 Å². The number of carbonyl (C=O) groups is 1. The molecule has 2 aliphatic rings. The second-order valence-corrected chi connectivity index (χ2v) is 8.14. The van der Waals surface area contributed by atoms with Crippen LogP contribution in [0.2, 0.25) is 0 Å². The number of nitrogens with one attached hydrogen (secondary N) is 1. The molecular weight excluding hydrogens is 346 g/mol. The minimum Gasteiger partial charge on any atom is -0.361 e. The Labute approximate surface area is 166 Å². The van der Waals surface area contributed by atoms with Gasteiger partial charge in [0.25, 0.3) is 0 Å². The molecule has 28 heavy (non-hydrogen) atoms. The average molecular weight is 374 g/mol. The number of nitrogens with zero attached hydrogens (tertiary/aromatic N) is 2. The van der Waals surface area contributed by atoms with E-state index >= 15 is 0 Å². The Morgan fingerprint density at radius 1 is 0.964 bits per heavy atom. The molecule has 2 atom stereocenters. The van der Waals surface area contributed by atoms with Gasteiger partial charge in [-0.2, -0.15) is 0 Å². The first-order valence-electron chi connectivity index (χ1n) is 10.4. The lowest BCUT2D eigenvalue weighted by Gasteiger charge is -2.35. The summed E-state index contributed by atoms with van der Waals surface area (Å²) in [6, 6.07) is 19.0. The first-order chi connectivity index (χ1) is 13.8. The Kier molecular flexibility index (Phi) is 4.65. The molecule has 144 valence electrons. The molecule has 0 spiro atoms. The highest BCUT2D eigenvalue weighted by Crippen LogP contribution is 2.48. The number of hydrogen-bond donors (Lipinski definition) is 1. The van der Waals surface area contributed by atoms with Crippen LogP contribution in [0.3, 0.4) is 0 Å². The van der Waals surface area contributed by atoms with Crippen molar-refractivity contribution in [2.75, 3.05) is 32.7 Å². The molecule has 3 aromatic rings.